The van der Waals surface area contributed by atoms with Gasteiger partial charge in [0.05, 0.1) is 14.2 Å². The molecule has 0 fully saturated rings. The van der Waals surface area contributed by atoms with Crippen LogP contribution in [-0.2, 0) is 6.54 Å². The van der Waals surface area contributed by atoms with Crippen molar-refractivity contribution in [3.8, 4) is 22.9 Å². The van der Waals surface area contributed by atoms with Gasteiger partial charge in [0.2, 0.25) is 0 Å². The topological polar surface area (TPSA) is 77.8 Å². The third-order valence-corrected chi connectivity index (χ3v) is 5.17. The van der Waals surface area contributed by atoms with Crippen molar-refractivity contribution in [1.82, 2.24) is 19.9 Å². The smallest absolute Gasteiger partial charge is 0.251 e. The Balaban J connectivity index is 1.52. The molecule has 0 saturated heterocycles. The van der Waals surface area contributed by atoms with E-state index in [-0.39, 0.29) is 5.91 Å². The van der Waals surface area contributed by atoms with Crippen molar-refractivity contribution in [2.24, 2.45) is 0 Å². The number of halogens is 1. The standard InChI is InChI=1S/C22H19BrN4O3/c1-29-18-9-14(10-19(12-18)30-2)13-24-22(28)16-7-8-27-20(11-16)25-26-21(27)15-3-5-17(23)6-4-15/h3-12H,13H2,1-2H3,(H,24,28). The zero-order valence-corrected chi connectivity index (χ0v) is 18.0. The summed E-state index contributed by atoms with van der Waals surface area (Å²) >= 11 is 3.43. The minimum absolute atomic E-state index is 0.201. The fraction of sp³-hybridized carbons (Fsp3) is 0.136. The molecule has 1 amide bonds. The molecular formula is C22H19BrN4O3. The van der Waals surface area contributed by atoms with Crippen molar-refractivity contribution in [2.75, 3.05) is 14.2 Å². The van der Waals surface area contributed by atoms with E-state index in [0.29, 0.717) is 35.1 Å². The Morgan fingerprint density at radius 3 is 2.37 bits per heavy atom. The third-order valence-electron chi connectivity index (χ3n) is 4.64. The van der Waals surface area contributed by atoms with E-state index >= 15 is 0 Å². The van der Waals surface area contributed by atoms with Crippen LogP contribution >= 0.6 is 15.9 Å². The van der Waals surface area contributed by atoms with Crippen LogP contribution in [0.3, 0.4) is 0 Å². The summed E-state index contributed by atoms with van der Waals surface area (Å²) in [5, 5.41) is 11.4. The summed E-state index contributed by atoms with van der Waals surface area (Å²) in [7, 11) is 3.18. The Morgan fingerprint density at radius 1 is 1.00 bits per heavy atom. The van der Waals surface area contributed by atoms with Crippen LogP contribution in [-0.4, -0.2) is 34.7 Å². The van der Waals surface area contributed by atoms with Crippen LogP contribution in [0.1, 0.15) is 15.9 Å². The normalized spacial score (nSPS) is 10.8. The number of carbonyl (C=O) groups excluding carboxylic acids is 1. The molecule has 2 aromatic heterocycles. The Kier molecular flexibility index (Phi) is 5.67. The Bertz CT molecular complexity index is 1180. The molecule has 4 rings (SSSR count). The van der Waals surface area contributed by atoms with Gasteiger partial charge < -0.3 is 14.8 Å². The van der Waals surface area contributed by atoms with E-state index < -0.39 is 0 Å². The quantitative estimate of drug-likeness (QED) is 0.462. The summed E-state index contributed by atoms with van der Waals surface area (Å²) in [4.78, 5) is 12.6. The van der Waals surface area contributed by atoms with Crippen LogP contribution in [0, 0.1) is 0 Å². The second-order valence-electron chi connectivity index (χ2n) is 6.58. The Morgan fingerprint density at radius 2 is 1.70 bits per heavy atom. The molecule has 4 aromatic rings. The second-order valence-corrected chi connectivity index (χ2v) is 7.49. The molecule has 0 radical (unpaired) electrons. The molecule has 2 aromatic carbocycles. The summed E-state index contributed by atoms with van der Waals surface area (Å²) < 4.78 is 13.4. The van der Waals surface area contributed by atoms with Crippen LogP contribution in [0.4, 0.5) is 0 Å². The van der Waals surface area contributed by atoms with E-state index in [2.05, 4.69) is 31.4 Å². The van der Waals surface area contributed by atoms with Crippen molar-refractivity contribution < 1.29 is 14.3 Å². The lowest BCUT2D eigenvalue weighted by molar-refractivity contribution is 0.0951. The highest BCUT2D eigenvalue weighted by Crippen LogP contribution is 2.23. The van der Waals surface area contributed by atoms with E-state index in [1.807, 2.05) is 40.8 Å². The fourth-order valence-electron chi connectivity index (χ4n) is 3.08. The van der Waals surface area contributed by atoms with Gasteiger partial charge in [0, 0.05) is 34.4 Å². The Labute approximate surface area is 181 Å². The highest BCUT2D eigenvalue weighted by atomic mass is 79.9. The molecule has 8 heteroatoms. The predicted molar refractivity (Wildman–Crippen MR) is 117 cm³/mol. The number of pyridine rings is 1. The molecule has 0 aliphatic heterocycles. The number of nitrogens with zero attached hydrogens (tertiary/aromatic N) is 3. The fourth-order valence-corrected chi connectivity index (χ4v) is 3.35. The summed E-state index contributed by atoms with van der Waals surface area (Å²) in [6, 6.07) is 16.8. The predicted octanol–water partition coefficient (Wildman–Crippen LogP) is 4.11. The van der Waals surface area contributed by atoms with Gasteiger partial charge in [0.25, 0.3) is 5.91 Å². The minimum Gasteiger partial charge on any atom is -0.497 e. The molecule has 0 spiro atoms. The number of carbonyl (C=O) groups is 1. The molecule has 0 aliphatic carbocycles. The largest absolute Gasteiger partial charge is 0.497 e. The molecule has 0 aliphatic rings. The Hall–Kier alpha value is -3.39. The highest BCUT2D eigenvalue weighted by molar-refractivity contribution is 9.10. The van der Waals surface area contributed by atoms with Crippen molar-refractivity contribution in [3.63, 3.8) is 0 Å². The zero-order chi connectivity index (χ0) is 21.1. The van der Waals surface area contributed by atoms with Crippen LogP contribution in [0.2, 0.25) is 0 Å². The lowest BCUT2D eigenvalue weighted by Crippen LogP contribution is -2.23. The van der Waals surface area contributed by atoms with Gasteiger partial charge in [-0.25, -0.2) is 0 Å². The van der Waals surface area contributed by atoms with E-state index in [4.69, 9.17) is 9.47 Å². The lowest BCUT2D eigenvalue weighted by atomic mass is 10.2. The third kappa shape index (κ3) is 4.13. The average molecular weight is 467 g/mol. The molecule has 0 atom stereocenters. The molecule has 0 bridgehead atoms. The maximum absolute atomic E-state index is 12.6. The first-order chi connectivity index (χ1) is 14.6. The molecule has 2 heterocycles. The first-order valence-electron chi connectivity index (χ1n) is 9.18. The number of ether oxygens (including phenoxy) is 2. The lowest BCUT2D eigenvalue weighted by Gasteiger charge is -2.10. The van der Waals surface area contributed by atoms with Gasteiger partial charge in [0.1, 0.15) is 11.5 Å². The van der Waals surface area contributed by atoms with Crippen molar-refractivity contribution in [1.29, 1.82) is 0 Å². The van der Waals surface area contributed by atoms with Crippen molar-refractivity contribution >= 4 is 27.5 Å². The van der Waals surface area contributed by atoms with E-state index in [1.165, 1.54) is 0 Å². The number of rotatable bonds is 6. The molecule has 1 N–H and O–H groups in total. The number of methoxy groups -OCH3 is 2. The zero-order valence-electron chi connectivity index (χ0n) is 16.4. The van der Waals surface area contributed by atoms with Crippen LogP contribution < -0.4 is 14.8 Å². The molecule has 152 valence electrons. The van der Waals surface area contributed by atoms with E-state index in [0.717, 1.165) is 15.6 Å². The van der Waals surface area contributed by atoms with Crippen molar-refractivity contribution in [2.45, 2.75) is 6.54 Å². The monoisotopic (exact) mass is 466 g/mol. The summed E-state index contributed by atoms with van der Waals surface area (Å²) in [5.74, 6) is 1.85. The van der Waals surface area contributed by atoms with Gasteiger partial charge in [-0.3, -0.25) is 9.20 Å². The average Bonchev–Trinajstić information content (AvgIpc) is 3.21. The van der Waals surface area contributed by atoms with Gasteiger partial charge in [-0.2, -0.15) is 0 Å². The molecule has 7 nitrogen and oxygen atoms in total. The maximum atomic E-state index is 12.6. The minimum atomic E-state index is -0.201. The summed E-state index contributed by atoms with van der Waals surface area (Å²) in [6.45, 7) is 0.342. The summed E-state index contributed by atoms with van der Waals surface area (Å²) in [5.41, 5.74) is 2.92. The van der Waals surface area contributed by atoms with Crippen LogP contribution in [0.5, 0.6) is 11.5 Å². The maximum Gasteiger partial charge on any atom is 0.251 e. The number of hydrogen-bond acceptors (Lipinski definition) is 5. The number of fused-ring (bicyclic) bond motifs is 1. The van der Waals surface area contributed by atoms with Crippen molar-refractivity contribution in [3.05, 3.63) is 76.4 Å². The SMILES string of the molecule is COc1cc(CNC(=O)c2ccn3c(-c4ccc(Br)cc4)nnc3c2)cc(OC)c1. The highest BCUT2D eigenvalue weighted by Gasteiger charge is 2.12. The molecular weight excluding hydrogens is 448 g/mol. The number of aromatic nitrogens is 3. The van der Waals surface area contributed by atoms with Gasteiger partial charge in [-0.05, 0) is 42.0 Å². The number of benzene rings is 2. The van der Waals surface area contributed by atoms with Gasteiger partial charge in [-0.15, -0.1) is 10.2 Å². The van der Waals surface area contributed by atoms with Gasteiger partial charge in [-0.1, -0.05) is 28.1 Å². The van der Waals surface area contributed by atoms with Crippen LogP contribution in [0.15, 0.2) is 65.3 Å². The number of hydrogen-bond donors (Lipinski definition) is 1. The molecule has 30 heavy (non-hydrogen) atoms. The first kappa shape index (κ1) is 19.9. The molecule has 0 saturated carbocycles. The number of nitrogens with one attached hydrogen (secondary N) is 1. The first-order valence-corrected chi connectivity index (χ1v) is 9.97. The van der Waals surface area contributed by atoms with Crippen LogP contribution in [0.25, 0.3) is 17.0 Å². The van der Waals surface area contributed by atoms with E-state index in [1.54, 1.807) is 38.6 Å². The summed E-state index contributed by atoms with van der Waals surface area (Å²) in [6.07, 6.45) is 1.80. The van der Waals surface area contributed by atoms with E-state index in [9.17, 15) is 4.79 Å². The number of amides is 1. The second kappa shape index (κ2) is 8.54. The molecule has 0 unspecified atom stereocenters. The van der Waals surface area contributed by atoms with Gasteiger partial charge in [0.15, 0.2) is 11.5 Å². The van der Waals surface area contributed by atoms with Gasteiger partial charge >= 0.3 is 0 Å².